The fourth-order valence-electron chi connectivity index (χ4n) is 2.48. The van der Waals surface area contributed by atoms with Crippen LogP contribution >= 0.6 is 0 Å². The van der Waals surface area contributed by atoms with Crippen molar-refractivity contribution in [3.05, 3.63) is 24.3 Å². The Morgan fingerprint density at radius 2 is 1.84 bits per heavy atom. The van der Waals surface area contributed by atoms with Gasteiger partial charge < -0.3 is 10.2 Å². The smallest absolute Gasteiger partial charge is 0.238 e. The molecule has 1 fully saturated rings. The van der Waals surface area contributed by atoms with Gasteiger partial charge in [-0.2, -0.15) is 0 Å². The number of nitrogens with zero attached hydrogens (tertiary/aromatic N) is 1. The lowest BCUT2D eigenvalue weighted by atomic mass is 10.0. The Labute approximate surface area is 114 Å². The summed E-state index contributed by atoms with van der Waals surface area (Å²) in [6, 6.07) is 7.40. The molecule has 0 saturated carbocycles. The molecule has 0 unspecified atom stereocenters. The second-order valence-electron chi connectivity index (χ2n) is 4.86. The van der Waals surface area contributed by atoms with Crippen LogP contribution in [0.4, 0.5) is 5.69 Å². The molecule has 19 heavy (non-hydrogen) atoms. The van der Waals surface area contributed by atoms with Crippen LogP contribution in [-0.2, 0) is 10.0 Å². The second-order valence-corrected chi connectivity index (χ2v) is 6.42. The third kappa shape index (κ3) is 3.68. The van der Waals surface area contributed by atoms with Gasteiger partial charge in [0.1, 0.15) is 0 Å². The number of rotatable bonds is 4. The van der Waals surface area contributed by atoms with Gasteiger partial charge in [0.05, 0.1) is 4.90 Å². The lowest BCUT2D eigenvalue weighted by Crippen LogP contribution is -2.42. The first-order chi connectivity index (χ1) is 9.00. The van der Waals surface area contributed by atoms with Crippen molar-refractivity contribution in [1.29, 1.82) is 0 Å². The maximum absolute atomic E-state index is 11.2. The lowest BCUT2D eigenvalue weighted by Gasteiger charge is -2.34. The molecule has 1 aliphatic heterocycles. The van der Waals surface area contributed by atoms with Gasteiger partial charge in [-0.25, -0.2) is 13.6 Å². The summed E-state index contributed by atoms with van der Waals surface area (Å²) in [5.74, 6) is 0. The molecule has 1 saturated heterocycles. The van der Waals surface area contributed by atoms with Gasteiger partial charge >= 0.3 is 0 Å². The molecule has 0 atom stereocenters. The van der Waals surface area contributed by atoms with E-state index < -0.39 is 10.0 Å². The highest BCUT2D eigenvalue weighted by Crippen LogP contribution is 2.21. The van der Waals surface area contributed by atoms with Crippen molar-refractivity contribution in [2.24, 2.45) is 5.14 Å². The molecule has 0 aliphatic carbocycles. The Morgan fingerprint density at radius 3 is 2.32 bits per heavy atom. The van der Waals surface area contributed by atoms with E-state index in [1.54, 1.807) is 12.1 Å². The highest BCUT2D eigenvalue weighted by Gasteiger charge is 2.18. The van der Waals surface area contributed by atoms with Crippen molar-refractivity contribution in [2.75, 3.05) is 24.5 Å². The molecule has 1 aromatic rings. The van der Waals surface area contributed by atoms with Crippen molar-refractivity contribution in [3.63, 3.8) is 0 Å². The van der Waals surface area contributed by atoms with Gasteiger partial charge in [-0.15, -0.1) is 0 Å². The van der Waals surface area contributed by atoms with Crippen LogP contribution in [0.2, 0.25) is 0 Å². The number of sulfonamides is 1. The van der Waals surface area contributed by atoms with E-state index in [1.807, 2.05) is 12.1 Å². The summed E-state index contributed by atoms with van der Waals surface area (Å²) >= 11 is 0. The Morgan fingerprint density at radius 1 is 1.26 bits per heavy atom. The number of hydrogen-bond acceptors (Lipinski definition) is 4. The number of hydrogen-bond donors (Lipinski definition) is 2. The molecular formula is C13H21N3O2S. The minimum absolute atomic E-state index is 0.166. The van der Waals surface area contributed by atoms with E-state index in [4.69, 9.17) is 5.14 Å². The summed E-state index contributed by atoms with van der Waals surface area (Å²) in [5, 5.41) is 8.55. The van der Waals surface area contributed by atoms with Crippen LogP contribution in [0.1, 0.15) is 19.8 Å². The Balaban J connectivity index is 2.00. The predicted molar refractivity (Wildman–Crippen MR) is 76.7 cm³/mol. The van der Waals surface area contributed by atoms with Gasteiger partial charge in [-0.3, -0.25) is 0 Å². The summed E-state index contributed by atoms with van der Waals surface area (Å²) in [7, 11) is -3.59. The molecular weight excluding hydrogens is 262 g/mol. The molecule has 5 nitrogen and oxygen atoms in total. The minimum atomic E-state index is -3.59. The molecule has 1 heterocycles. The molecule has 1 aromatic carbocycles. The van der Waals surface area contributed by atoms with Crippen LogP contribution in [0, 0.1) is 0 Å². The fourth-order valence-corrected chi connectivity index (χ4v) is 2.99. The summed E-state index contributed by atoms with van der Waals surface area (Å²) in [4.78, 5) is 2.44. The number of benzene rings is 1. The summed E-state index contributed by atoms with van der Waals surface area (Å²) in [6.07, 6.45) is 2.23. The topological polar surface area (TPSA) is 75.4 Å². The van der Waals surface area contributed by atoms with Crippen LogP contribution in [0.3, 0.4) is 0 Å². The largest absolute Gasteiger partial charge is 0.371 e. The van der Waals surface area contributed by atoms with Crippen molar-refractivity contribution in [3.8, 4) is 0 Å². The van der Waals surface area contributed by atoms with Crippen molar-refractivity contribution in [1.82, 2.24) is 5.32 Å². The molecule has 0 radical (unpaired) electrons. The molecule has 6 heteroatoms. The van der Waals surface area contributed by atoms with Gasteiger partial charge in [0.15, 0.2) is 0 Å². The second kappa shape index (κ2) is 5.90. The molecule has 0 bridgehead atoms. The maximum atomic E-state index is 11.2. The lowest BCUT2D eigenvalue weighted by molar-refractivity contribution is 0.424. The van der Waals surface area contributed by atoms with E-state index in [-0.39, 0.29) is 4.90 Å². The van der Waals surface area contributed by atoms with Gasteiger partial charge in [-0.05, 0) is 43.7 Å². The number of nitrogens with one attached hydrogen (secondary N) is 1. The van der Waals surface area contributed by atoms with E-state index in [9.17, 15) is 8.42 Å². The summed E-state index contributed by atoms with van der Waals surface area (Å²) in [6.45, 7) is 5.12. The number of nitrogens with two attached hydrogens (primary N) is 1. The zero-order chi connectivity index (χ0) is 13.9. The van der Waals surface area contributed by atoms with E-state index in [2.05, 4.69) is 17.1 Å². The average Bonchev–Trinajstić information content (AvgIpc) is 2.39. The monoisotopic (exact) mass is 283 g/mol. The third-order valence-electron chi connectivity index (χ3n) is 3.52. The highest BCUT2D eigenvalue weighted by atomic mass is 32.2. The zero-order valence-corrected chi connectivity index (χ0v) is 12.0. The van der Waals surface area contributed by atoms with Crippen LogP contribution in [0.5, 0.6) is 0 Å². The van der Waals surface area contributed by atoms with Gasteiger partial charge in [0, 0.05) is 24.8 Å². The van der Waals surface area contributed by atoms with Crippen molar-refractivity contribution in [2.45, 2.75) is 30.7 Å². The highest BCUT2D eigenvalue weighted by molar-refractivity contribution is 7.89. The number of primary sulfonamides is 1. The quantitative estimate of drug-likeness (QED) is 0.861. The number of anilines is 1. The predicted octanol–water partition coefficient (Wildman–Crippen LogP) is 0.912. The Kier molecular flexibility index (Phi) is 4.44. The van der Waals surface area contributed by atoms with E-state index in [1.165, 1.54) is 0 Å². The normalized spacial score (nSPS) is 17.7. The fraction of sp³-hybridized carbons (Fsp3) is 0.538. The van der Waals surface area contributed by atoms with Crippen LogP contribution in [0.25, 0.3) is 0 Å². The summed E-state index contributed by atoms with van der Waals surface area (Å²) in [5.41, 5.74) is 1.06. The standard InChI is InChI=1S/C13H21N3O2S/c1-2-15-11-7-9-16(10-8-11)12-3-5-13(6-4-12)19(14,17)18/h3-6,11,15H,2,7-10H2,1H3,(H2,14,17,18). The molecule has 3 N–H and O–H groups in total. The Bertz CT molecular complexity index is 505. The van der Waals surface area contributed by atoms with Crippen LogP contribution < -0.4 is 15.4 Å². The molecule has 0 amide bonds. The van der Waals surface area contributed by atoms with E-state index in [0.717, 1.165) is 38.2 Å². The van der Waals surface area contributed by atoms with Crippen molar-refractivity contribution < 1.29 is 8.42 Å². The van der Waals surface area contributed by atoms with Crippen LogP contribution in [0.15, 0.2) is 29.2 Å². The average molecular weight is 283 g/mol. The van der Waals surface area contributed by atoms with E-state index in [0.29, 0.717) is 6.04 Å². The van der Waals surface area contributed by atoms with Crippen molar-refractivity contribution >= 4 is 15.7 Å². The number of piperidine rings is 1. The van der Waals surface area contributed by atoms with Gasteiger partial charge in [-0.1, -0.05) is 6.92 Å². The molecule has 1 aliphatic rings. The van der Waals surface area contributed by atoms with Gasteiger partial charge in [0.2, 0.25) is 10.0 Å². The first-order valence-corrected chi connectivity index (χ1v) is 8.16. The SMILES string of the molecule is CCNC1CCN(c2ccc(S(N)(=O)=O)cc2)CC1. The maximum Gasteiger partial charge on any atom is 0.238 e. The third-order valence-corrected chi connectivity index (χ3v) is 4.45. The van der Waals surface area contributed by atoms with Gasteiger partial charge in [0.25, 0.3) is 0 Å². The van der Waals surface area contributed by atoms with Crippen LogP contribution in [-0.4, -0.2) is 34.1 Å². The Hall–Kier alpha value is -1.11. The zero-order valence-electron chi connectivity index (χ0n) is 11.2. The molecule has 2 rings (SSSR count). The van der Waals surface area contributed by atoms with E-state index >= 15 is 0 Å². The summed E-state index contributed by atoms with van der Waals surface area (Å²) < 4.78 is 22.4. The molecule has 106 valence electrons. The molecule has 0 spiro atoms. The first kappa shape index (κ1) is 14.3. The first-order valence-electron chi connectivity index (χ1n) is 6.62. The molecule has 0 aromatic heterocycles. The minimum Gasteiger partial charge on any atom is -0.371 e.